The van der Waals surface area contributed by atoms with E-state index in [4.69, 9.17) is 10.5 Å². The molecule has 1 rings (SSSR count). The molecule has 0 aliphatic rings. The molecule has 0 fully saturated rings. The van der Waals surface area contributed by atoms with Crippen LogP contribution in [-0.2, 0) is 0 Å². The number of nitrogen functional groups attached to an aromatic ring is 1. The second-order valence-electron chi connectivity index (χ2n) is 4.17. The summed E-state index contributed by atoms with van der Waals surface area (Å²) < 4.78 is 42.9. The molecule has 0 aliphatic heterocycles. The van der Waals surface area contributed by atoms with E-state index in [1.54, 1.807) is 25.1 Å². The van der Waals surface area contributed by atoms with Crippen molar-refractivity contribution in [2.24, 2.45) is 0 Å². The molecule has 0 spiro atoms. The molecule has 0 bridgehead atoms. The second kappa shape index (κ2) is 6.54. The van der Waals surface area contributed by atoms with Crippen molar-refractivity contribution in [2.45, 2.75) is 26.4 Å². The first-order valence-corrected chi connectivity index (χ1v) is 6.22. The van der Waals surface area contributed by atoms with Crippen molar-refractivity contribution in [3.05, 3.63) is 18.2 Å². The molecular formula is C13H19F3N2O. The average molecular weight is 276 g/mol. The predicted octanol–water partition coefficient (Wildman–Crippen LogP) is 3.45. The summed E-state index contributed by atoms with van der Waals surface area (Å²) in [5.74, 6) is 0.431. The van der Waals surface area contributed by atoms with E-state index in [0.717, 1.165) is 6.42 Å². The number of ether oxygens (including phenoxy) is 1. The zero-order valence-electron chi connectivity index (χ0n) is 11.1. The molecule has 0 atom stereocenters. The first kappa shape index (κ1) is 15.5. The van der Waals surface area contributed by atoms with Crippen LogP contribution < -0.4 is 15.4 Å². The van der Waals surface area contributed by atoms with Gasteiger partial charge in [0.2, 0.25) is 0 Å². The zero-order chi connectivity index (χ0) is 14.5. The maximum absolute atomic E-state index is 12.5. The highest BCUT2D eigenvalue weighted by Crippen LogP contribution is 2.33. The molecule has 6 heteroatoms. The van der Waals surface area contributed by atoms with Crippen LogP contribution in [0.25, 0.3) is 0 Å². The highest BCUT2D eigenvalue weighted by Gasteiger charge is 2.31. The van der Waals surface area contributed by atoms with Crippen LogP contribution in [0.1, 0.15) is 20.3 Å². The molecule has 108 valence electrons. The van der Waals surface area contributed by atoms with Gasteiger partial charge in [-0.1, -0.05) is 13.0 Å². The average Bonchev–Trinajstić information content (AvgIpc) is 2.34. The lowest BCUT2D eigenvalue weighted by Gasteiger charge is -2.26. The van der Waals surface area contributed by atoms with E-state index in [1.165, 1.54) is 4.90 Å². The quantitative estimate of drug-likeness (QED) is 0.809. The molecule has 3 nitrogen and oxygen atoms in total. The molecule has 0 heterocycles. The predicted molar refractivity (Wildman–Crippen MR) is 70.6 cm³/mol. The van der Waals surface area contributed by atoms with E-state index in [0.29, 0.717) is 18.0 Å². The Morgan fingerprint density at radius 3 is 2.47 bits per heavy atom. The van der Waals surface area contributed by atoms with Crippen molar-refractivity contribution >= 4 is 11.4 Å². The Morgan fingerprint density at radius 2 is 1.95 bits per heavy atom. The summed E-state index contributed by atoms with van der Waals surface area (Å²) in [5, 5.41) is 0. The number of nitrogens with zero attached hydrogens (tertiary/aromatic N) is 1. The molecule has 0 saturated heterocycles. The van der Waals surface area contributed by atoms with Crippen LogP contribution >= 0.6 is 0 Å². The van der Waals surface area contributed by atoms with E-state index < -0.39 is 12.7 Å². The Hall–Kier alpha value is -1.59. The van der Waals surface area contributed by atoms with Gasteiger partial charge in [-0.2, -0.15) is 13.2 Å². The third-order valence-electron chi connectivity index (χ3n) is 2.60. The number of alkyl halides is 3. The smallest absolute Gasteiger partial charge is 0.405 e. The number of halogens is 3. The number of para-hydroxylation sites is 1. The summed E-state index contributed by atoms with van der Waals surface area (Å²) in [6.45, 7) is 3.29. The Balaban J connectivity index is 2.97. The molecular weight excluding hydrogens is 257 g/mol. The fraction of sp³-hybridized carbons (Fsp3) is 0.538. The molecule has 0 radical (unpaired) electrons. The first-order valence-electron chi connectivity index (χ1n) is 6.22. The number of anilines is 2. The van der Waals surface area contributed by atoms with E-state index >= 15 is 0 Å². The van der Waals surface area contributed by atoms with Gasteiger partial charge in [0.05, 0.1) is 18.0 Å². The van der Waals surface area contributed by atoms with Gasteiger partial charge in [-0.25, -0.2) is 0 Å². The minimum atomic E-state index is -4.26. The highest BCUT2D eigenvalue weighted by atomic mass is 19.4. The molecule has 0 aliphatic carbocycles. The number of nitrogens with two attached hydrogens (primary N) is 1. The Kier molecular flexibility index (Phi) is 5.32. The topological polar surface area (TPSA) is 38.5 Å². The molecule has 1 aromatic rings. The summed E-state index contributed by atoms with van der Waals surface area (Å²) in [4.78, 5) is 1.19. The number of rotatable bonds is 6. The van der Waals surface area contributed by atoms with Crippen LogP contribution in [0.3, 0.4) is 0 Å². The number of hydrogen-bond donors (Lipinski definition) is 1. The summed E-state index contributed by atoms with van der Waals surface area (Å²) in [5.41, 5.74) is 6.49. The summed E-state index contributed by atoms with van der Waals surface area (Å²) in [7, 11) is 0. The van der Waals surface area contributed by atoms with Crippen molar-refractivity contribution < 1.29 is 17.9 Å². The van der Waals surface area contributed by atoms with Crippen molar-refractivity contribution in [2.75, 3.05) is 30.3 Å². The second-order valence-corrected chi connectivity index (χ2v) is 4.17. The van der Waals surface area contributed by atoms with Crippen molar-refractivity contribution in [1.29, 1.82) is 0 Å². The van der Waals surface area contributed by atoms with Crippen LogP contribution in [-0.4, -0.2) is 25.9 Å². The Labute approximate surface area is 111 Å². The van der Waals surface area contributed by atoms with Gasteiger partial charge in [0, 0.05) is 6.54 Å². The first-order chi connectivity index (χ1) is 8.89. The van der Waals surface area contributed by atoms with Gasteiger partial charge in [0.1, 0.15) is 12.3 Å². The highest BCUT2D eigenvalue weighted by molar-refractivity contribution is 5.74. The van der Waals surface area contributed by atoms with Crippen molar-refractivity contribution in [1.82, 2.24) is 0 Å². The fourth-order valence-corrected chi connectivity index (χ4v) is 1.73. The van der Waals surface area contributed by atoms with Gasteiger partial charge in [-0.05, 0) is 25.5 Å². The van der Waals surface area contributed by atoms with Gasteiger partial charge >= 0.3 is 6.18 Å². The third-order valence-corrected chi connectivity index (χ3v) is 2.60. The summed E-state index contributed by atoms with van der Waals surface area (Å²) in [6.07, 6.45) is -3.45. The Morgan fingerprint density at radius 1 is 1.26 bits per heavy atom. The van der Waals surface area contributed by atoms with E-state index in [9.17, 15) is 13.2 Å². The molecule has 2 N–H and O–H groups in total. The lowest BCUT2D eigenvalue weighted by molar-refractivity contribution is -0.119. The van der Waals surface area contributed by atoms with Gasteiger partial charge in [-0.3, -0.25) is 0 Å². The van der Waals surface area contributed by atoms with Crippen LogP contribution in [0.5, 0.6) is 5.75 Å². The molecule has 0 aromatic heterocycles. The van der Waals surface area contributed by atoms with Crippen LogP contribution in [0, 0.1) is 0 Å². The minimum absolute atomic E-state index is 0.223. The summed E-state index contributed by atoms with van der Waals surface area (Å²) >= 11 is 0. The lowest BCUT2D eigenvalue weighted by Crippen LogP contribution is -2.34. The van der Waals surface area contributed by atoms with Gasteiger partial charge in [0.25, 0.3) is 0 Å². The largest absolute Gasteiger partial charge is 0.491 e. The van der Waals surface area contributed by atoms with Gasteiger partial charge in [0.15, 0.2) is 0 Å². The lowest BCUT2D eigenvalue weighted by atomic mass is 10.2. The maximum atomic E-state index is 12.5. The normalized spacial score (nSPS) is 11.4. The molecule has 19 heavy (non-hydrogen) atoms. The monoisotopic (exact) mass is 276 g/mol. The maximum Gasteiger partial charge on any atom is 0.405 e. The molecule has 0 amide bonds. The van der Waals surface area contributed by atoms with E-state index in [-0.39, 0.29) is 12.2 Å². The van der Waals surface area contributed by atoms with Gasteiger partial charge in [-0.15, -0.1) is 0 Å². The molecule has 1 aromatic carbocycles. The Bertz CT molecular complexity index is 407. The standard InChI is InChI=1S/C13H19F3N2O/c1-3-8-19-11-7-5-6-10(12(11)17)18(4-2)9-13(14,15)16/h5-7H,3-4,8-9,17H2,1-2H3. The molecule has 0 saturated carbocycles. The number of hydrogen-bond acceptors (Lipinski definition) is 3. The zero-order valence-corrected chi connectivity index (χ0v) is 11.1. The summed E-state index contributed by atoms with van der Waals surface area (Å²) in [6, 6.07) is 4.88. The van der Waals surface area contributed by atoms with E-state index in [1.807, 2.05) is 6.92 Å². The fourth-order valence-electron chi connectivity index (χ4n) is 1.73. The molecule has 0 unspecified atom stereocenters. The number of benzene rings is 1. The SMILES string of the molecule is CCCOc1cccc(N(CC)CC(F)(F)F)c1N. The van der Waals surface area contributed by atoms with Crippen LogP contribution in [0.4, 0.5) is 24.5 Å². The third kappa shape index (κ3) is 4.54. The van der Waals surface area contributed by atoms with Crippen LogP contribution in [0.2, 0.25) is 0 Å². The van der Waals surface area contributed by atoms with Crippen LogP contribution in [0.15, 0.2) is 18.2 Å². The minimum Gasteiger partial charge on any atom is -0.491 e. The van der Waals surface area contributed by atoms with Gasteiger partial charge < -0.3 is 15.4 Å². The van der Waals surface area contributed by atoms with Crippen molar-refractivity contribution in [3.63, 3.8) is 0 Å². The van der Waals surface area contributed by atoms with Crippen molar-refractivity contribution in [3.8, 4) is 5.75 Å². The van der Waals surface area contributed by atoms with E-state index in [2.05, 4.69) is 0 Å².